The third-order valence-corrected chi connectivity index (χ3v) is 5.78. The Balaban J connectivity index is 1.58. The second kappa shape index (κ2) is 9.16. The fourth-order valence-electron chi connectivity index (χ4n) is 2.43. The quantitative estimate of drug-likeness (QED) is 0.560. The van der Waals surface area contributed by atoms with E-state index in [2.05, 4.69) is 39.6 Å². The molecule has 0 spiro atoms. The number of hydrogen-bond donors (Lipinski definition) is 1. The van der Waals surface area contributed by atoms with Gasteiger partial charge in [0, 0.05) is 6.54 Å². The van der Waals surface area contributed by atoms with Gasteiger partial charge < -0.3 is 9.30 Å². The summed E-state index contributed by atoms with van der Waals surface area (Å²) < 4.78 is 7.82. The number of hydrogen-bond acceptors (Lipinski definition) is 8. The molecule has 28 heavy (non-hydrogen) atoms. The van der Waals surface area contributed by atoms with E-state index in [9.17, 15) is 4.79 Å². The third-order valence-electron chi connectivity index (χ3n) is 4.06. The van der Waals surface area contributed by atoms with E-state index >= 15 is 0 Å². The molecule has 0 fully saturated rings. The third kappa shape index (κ3) is 5.08. The van der Waals surface area contributed by atoms with Crippen LogP contribution in [0.5, 0.6) is 5.75 Å². The van der Waals surface area contributed by atoms with Crippen LogP contribution in [0.3, 0.4) is 0 Å². The number of nitrogens with zero attached hydrogens (tertiary/aromatic N) is 5. The lowest BCUT2D eigenvalue weighted by Crippen LogP contribution is -2.14. The highest BCUT2D eigenvalue weighted by Gasteiger charge is 2.14. The Morgan fingerprint density at radius 3 is 2.68 bits per heavy atom. The number of benzene rings is 1. The number of aromatic nitrogens is 5. The summed E-state index contributed by atoms with van der Waals surface area (Å²) in [4.78, 5) is 12.1. The van der Waals surface area contributed by atoms with Crippen LogP contribution in [-0.2, 0) is 17.9 Å². The van der Waals surface area contributed by atoms with Gasteiger partial charge in [-0.15, -0.1) is 20.4 Å². The molecule has 0 aliphatic rings. The zero-order chi connectivity index (χ0) is 20.1. The monoisotopic (exact) mass is 418 g/mol. The maximum atomic E-state index is 12.1. The lowest BCUT2D eigenvalue weighted by atomic mass is 10.1. The van der Waals surface area contributed by atoms with Crippen molar-refractivity contribution < 1.29 is 9.53 Å². The number of thioether (sulfide) groups is 1. The van der Waals surface area contributed by atoms with Crippen molar-refractivity contribution in [2.45, 2.75) is 46.0 Å². The van der Waals surface area contributed by atoms with E-state index in [1.165, 1.54) is 34.2 Å². The Morgan fingerprint density at radius 1 is 1.18 bits per heavy atom. The predicted octanol–water partition coefficient (Wildman–Crippen LogP) is 3.38. The summed E-state index contributed by atoms with van der Waals surface area (Å²) >= 11 is 2.67. The van der Waals surface area contributed by atoms with E-state index in [0.29, 0.717) is 23.4 Å². The van der Waals surface area contributed by atoms with Gasteiger partial charge in [-0.05, 0) is 51.0 Å². The zero-order valence-electron chi connectivity index (χ0n) is 16.2. The van der Waals surface area contributed by atoms with Crippen molar-refractivity contribution >= 4 is 34.1 Å². The summed E-state index contributed by atoms with van der Waals surface area (Å²) in [5.74, 6) is 1.59. The number of carbonyl (C=O) groups is 1. The number of rotatable bonds is 8. The van der Waals surface area contributed by atoms with Crippen LogP contribution in [0.4, 0.5) is 5.13 Å². The summed E-state index contributed by atoms with van der Waals surface area (Å²) in [5.41, 5.74) is 2.41. The molecule has 1 aromatic carbocycles. The maximum Gasteiger partial charge on any atom is 0.236 e. The second-order valence-electron chi connectivity index (χ2n) is 6.14. The molecule has 0 bridgehead atoms. The lowest BCUT2D eigenvalue weighted by Gasteiger charge is -2.10. The van der Waals surface area contributed by atoms with Crippen molar-refractivity contribution in [1.82, 2.24) is 25.0 Å². The minimum atomic E-state index is -0.153. The zero-order valence-corrected chi connectivity index (χ0v) is 17.9. The molecule has 1 N–H and O–H groups in total. The lowest BCUT2D eigenvalue weighted by molar-refractivity contribution is -0.113. The number of anilines is 1. The summed E-state index contributed by atoms with van der Waals surface area (Å²) in [6, 6.07) is 6.00. The van der Waals surface area contributed by atoms with Crippen LogP contribution in [0, 0.1) is 20.8 Å². The molecule has 0 unspecified atom stereocenters. The van der Waals surface area contributed by atoms with E-state index in [4.69, 9.17) is 4.74 Å². The van der Waals surface area contributed by atoms with Gasteiger partial charge in [0.1, 0.15) is 17.4 Å². The molecule has 3 rings (SSSR count). The van der Waals surface area contributed by atoms with Crippen LogP contribution in [0.25, 0.3) is 0 Å². The van der Waals surface area contributed by atoms with Crippen molar-refractivity contribution in [3.63, 3.8) is 0 Å². The van der Waals surface area contributed by atoms with Crippen molar-refractivity contribution in [3.8, 4) is 5.75 Å². The van der Waals surface area contributed by atoms with Gasteiger partial charge in [-0.2, -0.15) is 0 Å². The topological polar surface area (TPSA) is 94.8 Å². The minimum absolute atomic E-state index is 0.153. The van der Waals surface area contributed by atoms with Crippen LogP contribution >= 0.6 is 23.1 Å². The van der Waals surface area contributed by atoms with E-state index < -0.39 is 0 Å². The molecular formula is C18H22N6O2S2. The van der Waals surface area contributed by atoms with E-state index in [1.807, 2.05) is 36.6 Å². The van der Waals surface area contributed by atoms with Gasteiger partial charge in [-0.3, -0.25) is 10.1 Å². The molecule has 8 nitrogen and oxygen atoms in total. The van der Waals surface area contributed by atoms with Gasteiger partial charge in [-0.1, -0.05) is 29.2 Å². The minimum Gasteiger partial charge on any atom is -0.486 e. The number of aryl methyl sites for hydroxylation is 3. The molecule has 0 aliphatic carbocycles. The molecule has 0 aliphatic heterocycles. The van der Waals surface area contributed by atoms with E-state index in [0.717, 1.165) is 16.6 Å². The number of carbonyl (C=O) groups excluding carboxylic acids is 1. The molecule has 2 aromatic heterocycles. The highest BCUT2D eigenvalue weighted by Crippen LogP contribution is 2.21. The first-order valence-electron chi connectivity index (χ1n) is 8.81. The Kier molecular flexibility index (Phi) is 6.63. The Hall–Kier alpha value is -2.46. The largest absolute Gasteiger partial charge is 0.486 e. The average molecular weight is 419 g/mol. The molecule has 10 heteroatoms. The van der Waals surface area contributed by atoms with Crippen LogP contribution < -0.4 is 10.1 Å². The Labute approximate surface area is 171 Å². The summed E-state index contributed by atoms with van der Waals surface area (Å²) in [5, 5.41) is 20.9. The van der Waals surface area contributed by atoms with Gasteiger partial charge in [-0.25, -0.2) is 0 Å². The van der Waals surface area contributed by atoms with Gasteiger partial charge in [0.25, 0.3) is 0 Å². The first-order chi connectivity index (χ1) is 13.5. The van der Waals surface area contributed by atoms with Crippen molar-refractivity contribution in [3.05, 3.63) is 40.2 Å². The highest BCUT2D eigenvalue weighted by atomic mass is 32.2. The Morgan fingerprint density at radius 2 is 2.00 bits per heavy atom. The fraction of sp³-hybridized carbons (Fsp3) is 0.389. The summed E-state index contributed by atoms with van der Waals surface area (Å²) in [6.45, 7) is 8.99. The molecule has 0 atom stereocenters. The maximum absolute atomic E-state index is 12.1. The highest BCUT2D eigenvalue weighted by molar-refractivity contribution is 7.99. The SMILES string of the molecule is CCn1c(COc2ccc(C)c(C)c2)nnc1SCC(=O)Nc1nnc(C)s1. The number of ether oxygens (including phenoxy) is 1. The first kappa shape index (κ1) is 20.3. The molecule has 148 valence electrons. The van der Waals surface area contributed by atoms with Crippen molar-refractivity contribution in [2.75, 3.05) is 11.1 Å². The molecule has 0 saturated carbocycles. The van der Waals surface area contributed by atoms with Crippen LogP contribution in [0.2, 0.25) is 0 Å². The van der Waals surface area contributed by atoms with E-state index in [1.54, 1.807) is 0 Å². The standard InChI is InChI=1S/C18H22N6O2S2/c1-5-24-15(9-26-14-7-6-11(2)12(3)8-14)21-23-18(24)27-10-16(25)19-17-22-20-13(4)28-17/h6-8H,5,9-10H2,1-4H3,(H,19,22,25). The molecule has 3 aromatic rings. The first-order valence-corrected chi connectivity index (χ1v) is 10.6. The van der Waals surface area contributed by atoms with Crippen LogP contribution in [0.1, 0.15) is 28.9 Å². The molecule has 0 saturated heterocycles. The van der Waals surface area contributed by atoms with Crippen LogP contribution in [-0.4, -0.2) is 36.6 Å². The van der Waals surface area contributed by atoms with Gasteiger partial charge in [0.15, 0.2) is 11.0 Å². The summed E-state index contributed by atoms with van der Waals surface area (Å²) in [7, 11) is 0. The average Bonchev–Trinajstić information content (AvgIpc) is 3.26. The Bertz CT molecular complexity index is 969. The number of amides is 1. The predicted molar refractivity (Wildman–Crippen MR) is 110 cm³/mol. The van der Waals surface area contributed by atoms with Crippen LogP contribution in [0.15, 0.2) is 23.4 Å². The van der Waals surface area contributed by atoms with Gasteiger partial charge in [0.2, 0.25) is 11.0 Å². The molecule has 2 heterocycles. The fourth-order valence-corrected chi connectivity index (χ4v) is 3.86. The molecular weight excluding hydrogens is 396 g/mol. The normalized spacial score (nSPS) is 10.9. The molecule has 0 radical (unpaired) electrons. The second-order valence-corrected chi connectivity index (χ2v) is 8.27. The van der Waals surface area contributed by atoms with E-state index in [-0.39, 0.29) is 11.7 Å². The smallest absolute Gasteiger partial charge is 0.236 e. The van der Waals surface area contributed by atoms with Gasteiger partial charge >= 0.3 is 0 Å². The van der Waals surface area contributed by atoms with Crippen molar-refractivity contribution in [2.24, 2.45) is 0 Å². The molecule has 1 amide bonds. The summed E-state index contributed by atoms with van der Waals surface area (Å²) in [6.07, 6.45) is 0. The van der Waals surface area contributed by atoms with Crippen molar-refractivity contribution in [1.29, 1.82) is 0 Å². The number of nitrogens with one attached hydrogen (secondary N) is 1. The van der Waals surface area contributed by atoms with Gasteiger partial charge in [0.05, 0.1) is 5.75 Å².